The fraction of sp³-hybridized carbons (Fsp3) is 0.867. The number of piperidine rings is 2. The Morgan fingerprint density at radius 1 is 1.33 bits per heavy atom. The summed E-state index contributed by atoms with van der Waals surface area (Å²) >= 11 is 0. The summed E-state index contributed by atoms with van der Waals surface area (Å²) in [6.45, 7) is 2.09. The smallest absolute Gasteiger partial charge is 0.237 e. The van der Waals surface area contributed by atoms with Crippen molar-refractivity contribution in [2.75, 3.05) is 20.1 Å². The van der Waals surface area contributed by atoms with Crippen molar-refractivity contribution in [3.8, 4) is 6.07 Å². The van der Waals surface area contributed by atoms with Crippen LogP contribution < -0.4 is 10.6 Å². The van der Waals surface area contributed by atoms with Crippen molar-refractivity contribution in [2.45, 2.75) is 62.4 Å². The van der Waals surface area contributed by atoms with Crippen molar-refractivity contribution in [1.82, 2.24) is 15.5 Å². The molecule has 3 aliphatic rings. The summed E-state index contributed by atoms with van der Waals surface area (Å²) in [5.41, 5.74) is 0. The molecule has 6 heteroatoms. The summed E-state index contributed by atoms with van der Waals surface area (Å²) in [5, 5.41) is 15.5. The lowest BCUT2D eigenvalue weighted by Crippen LogP contribution is -2.56. The number of hydrogen-bond donors (Lipinski definition) is 2. The van der Waals surface area contributed by atoms with Gasteiger partial charge in [-0.05, 0) is 45.8 Å². The first-order valence-electron chi connectivity index (χ1n) is 7.96. The molecule has 3 fully saturated rings. The van der Waals surface area contributed by atoms with E-state index in [9.17, 15) is 4.79 Å². The molecule has 0 aromatic carbocycles. The molecule has 1 amide bonds. The van der Waals surface area contributed by atoms with Gasteiger partial charge in [-0.1, -0.05) is 0 Å². The molecule has 4 unspecified atom stereocenters. The fourth-order valence-electron chi connectivity index (χ4n) is 3.61. The number of likely N-dealkylation sites (tertiary alicyclic amines) is 1. The lowest BCUT2D eigenvalue weighted by molar-refractivity contribution is -0.125. The molecule has 3 saturated heterocycles. The first-order chi connectivity index (χ1) is 10.2. The largest absolute Gasteiger partial charge is 0.358 e. The number of carbonyl (C=O) groups is 1. The number of ether oxygens (including phenoxy) is 1. The standard InChI is InChI=1S/C15H24N4O2/c1-19-6-4-10(5-7-19)17-15(20)12-2-3-14-13(18-12)8-11(9-16)21-14/h10-14,18H,2-8H2,1H3,(H,17,20). The normalized spacial score (nSPS) is 37.7. The zero-order valence-corrected chi connectivity index (χ0v) is 12.5. The first kappa shape index (κ1) is 14.8. The number of nitrogens with zero attached hydrogens (tertiary/aromatic N) is 2. The minimum absolute atomic E-state index is 0.0991. The van der Waals surface area contributed by atoms with Crippen LogP contribution in [0.5, 0.6) is 0 Å². The maximum Gasteiger partial charge on any atom is 0.237 e. The fourth-order valence-corrected chi connectivity index (χ4v) is 3.61. The molecule has 0 aromatic heterocycles. The van der Waals surface area contributed by atoms with Gasteiger partial charge in [0, 0.05) is 18.5 Å². The lowest BCUT2D eigenvalue weighted by atomic mass is 9.94. The highest BCUT2D eigenvalue weighted by atomic mass is 16.5. The average molecular weight is 292 g/mol. The van der Waals surface area contributed by atoms with E-state index in [2.05, 4.69) is 28.7 Å². The molecule has 3 aliphatic heterocycles. The van der Waals surface area contributed by atoms with E-state index in [1.165, 1.54) is 0 Å². The third-order valence-electron chi connectivity index (χ3n) is 4.94. The van der Waals surface area contributed by atoms with E-state index in [0.717, 1.165) is 38.8 Å². The third-order valence-corrected chi connectivity index (χ3v) is 4.94. The highest BCUT2D eigenvalue weighted by Gasteiger charge is 2.41. The van der Waals surface area contributed by atoms with Crippen LogP contribution in [0.25, 0.3) is 0 Å². The topological polar surface area (TPSA) is 77.4 Å². The molecule has 21 heavy (non-hydrogen) atoms. The van der Waals surface area contributed by atoms with Gasteiger partial charge >= 0.3 is 0 Å². The van der Waals surface area contributed by atoms with E-state index in [1.807, 2.05) is 0 Å². The minimum atomic E-state index is -0.316. The number of amides is 1. The molecule has 0 spiro atoms. The summed E-state index contributed by atoms with van der Waals surface area (Å²) in [7, 11) is 2.12. The van der Waals surface area contributed by atoms with Crippen LogP contribution >= 0.6 is 0 Å². The molecule has 0 bridgehead atoms. The predicted molar refractivity (Wildman–Crippen MR) is 77.5 cm³/mol. The summed E-state index contributed by atoms with van der Waals surface area (Å²) in [4.78, 5) is 14.7. The number of carbonyl (C=O) groups excluding carboxylic acids is 1. The maximum atomic E-state index is 12.4. The Morgan fingerprint density at radius 2 is 2.10 bits per heavy atom. The van der Waals surface area contributed by atoms with Crippen LogP contribution in [0.3, 0.4) is 0 Å². The number of nitrogens with one attached hydrogen (secondary N) is 2. The Balaban J connectivity index is 1.49. The number of nitriles is 1. The summed E-state index contributed by atoms with van der Waals surface area (Å²) in [5.74, 6) is 0.114. The van der Waals surface area contributed by atoms with Crippen LogP contribution in [0, 0.1) is 11.3 Å². The minimum Gasteiger partial charge on any atom is -0.358 e. The highest BCUT2D eigenvalue weighted by molar-refractivity contribution is 5.82. The van der Waals surface area contributed by atoms with Crippen LogP contribution in [0.15, 0.2) is 0 Å². The van der Waals surface area contributed by atoms with Gasteiger partial charge < -0.3 is 20.3 Å². The van der Waals surface area contributed by atoms with E-state index in [1.54, 1.807) is 0 Å². The molecule has 0 saturated carbocycles. The summed E-state index contributed by atoms with van der Waals surface area (Å²) in [6, 6.07) is 2.49. The van der Waals surface area contributed by atoms with Gasteiger partial charge in [-0.3, -0.25) is 4.79 Å². The van der Waals surface area contributed by atoms with Crippen LogP contribution in [-0.4, -0.2) is 61.3 Å². The van der Waals surface area contributed by atoms with Crippen molar-refractivity contribution in [1.29, 1.82) is 5.26 Å². The van der Waals surface area contributed by atoms with Crippen molar-refractivity contribution in [2.24, 2.45) is 0 Å². The van der Waals surface area contributed by atoms with E-state index in [0.29, 0.717) is 12.5 Å². The Morgan fingerprint density at radius 3 is 2.81 bits per heavy atom. The van der Waals surface area contributed by atoms with Gasteiger partial charge in [0.15, 0.2) is 0 Å². The van der Waals surface area contributed by atoms with Crippen molar-refractivity contribution in [3.63, 3.8) is 0 Å². The van der Waals surface area contributed by atoms with Crippen molar-refractivity contribution < 1.29 is 9.53 Å². The molecule has 4 atom stereocenters. The van der Waals surface area contributed by atoms with Gasteiger partial charge in [-0.2, -0.15) is 5.26 Å². The quantitative estimate of drug-likeness (QED) is 0.749. The number of hydrogen-bond acceptors (Lipinski definition) is 5. The maximum absolute atomic E-state index is 12.4. The molecule has 3 rings (SSSR count). The molecule has 2 N–H and O–H groups in total. The SMILES string of the molecule is CN1CCC(NC(=O)C2CCC3OC(C#N)CC3N2)CC1. The second kappa shape index (κ2) is 6.30. The first-order valence-corrected chi connectivity index (χ1v) is 7.96. The monoisotopic (exact) mass is 292 g/mol. The number of rotatable bonds is 2. The van der Waals surface area contributed by atoms with E-state index >= 15 is 0 Å². The van der Waals surface area contributed by atoms with Gasteiger partial charge in [-0.25, -0.2) is 0 Å². The van der Waals surface area contributed by atoms with Gasteiger partial charge in [0.1, 0.15) is 6.10 Å². The van der Waals surface area contributed by atoms with E-state index in [-0.39, 0.29) is 30.2 Å². The van der Waals surface area contributed by atoms with Crippen LogP contribution in [-0.2, 0) is 9.53 Å². The predicted octanol–water partition coefficient (Wildman–Crippen LogP) is -0.00152. The zero-order chi connectivity index (χ0) is 14.8. The van der Waals surface area contributed by atoms with Gasteiger partial charge in [0.05, 0.1) is 18.2 Å². The molecule has 3 heterocycles. The second-order valence-electron chi connectivity index (χ2n) is 6.52. The Labute approximate surface area is 125 Å². The lowest BCUT2D eigenvalue weighted by Gasteiger charge is -2.34. The molecule has 0 aromatic rings. The Hall–Kier alpha value is -1.16. The molecule has 6 nitrogen and oxygen atoms in total. The van der Waals surface area contributed by atoms with E-state index in [4.69, 9.17) is 10.00 Å². The Bertz CT molecular complexity index is 428. The second-order valence-corrected chi connectivity index (χ2v) is 6.52. The number of fused-ring (bicyclic) bond motifs is 1. The van der Waals surface area contributed by atoms with Crippen LogP contribution in [0.4, 0.5) is 0 Å². The molecular formula is C15H24N4O2. The van der Waals surface area contributed by atoms with Crippen LogP contribution in [0.1, 0.15) is 32.1 Å². The Kier molecular flexibility index (Phi) is 4.43. The molecule has 0 radical (unpaired) electrons. The van der Waals surface area contributed by atoms with Gasteiger partial charge in [0.25, 0.3) is 0 Å². The van der Waals surface area contributed by atoms with Crippen molar-refractivity contribution >= 4 is 5.91 Å². The zero-order valence-electron chi connectivity index (χ0n) is 12.5. The molecular weight excluding hydrogens is 268 g/mol. The molecule has 0 aliphatic carbocycles. The van der Waals surface area contributed by atoms with Crippen LogP contribution in [0.2, 0.25) is 0 Å². The summed E-state index contributed by atoms with van der Waals surface area (Å²) in [6.07, 6.45) is 4.18. The van der Waals surface area contributed by atoms with E-state index < -0.39 is 0 Å². The summed E-state index contributed by atoms with van der Waals surface area (Å²) < 4.78 is 5.64. The average Bonchev–Trinajstić information content (AvgIpc) is 2.91. The highest BCUT2D eigenvalue weighted by Crippen LogP contribution is 2.28. The van der Waals surface area contributed by atoms with Gasteiger partial charge in [-0.15, -0.1) is 0 Å². The molecule has 116 valence electrons. The van der Waals surface area contributed by atoms with Gasteiger partial charge in [0.2, 0.25) is 5.91 Å². The third kappa shape index (κ3) is 3.37. The van der Waals surface area contributed by atoms with Crippen molar-refractivity contribution in [3.05, 3.63) is 0 Å².